The molecule has 0 amide bonds. The summed E-state index contributed by atoms with van der Waals surface area (Å²) in [6, 6.07) is 17.2. The smallest absolute Gasteiger partial charge is 1.00 e. The Morgan fingerprint density at radius 3 is 2.09 bits per heavy atom. The summed E-state index contributed by atoms with van der Waals surface area (Å²) >= 11 is 1.73. The van der Waals surface area contributed by atoms with Crippen LogP contribution in [-0.4, -0.2) is 0 Å². The Morgan fingerprint density at radius 1 is 0.853 bits per heavy atom. The third-order valence-electron chi connectivity index (χ3n) is 6.05. The first-order valence-electron chi connectivity index (χ1n) is 11.1. The number of hydrogen-bond acceptors (Lipinski definition) is 1. The van der Waals surface area contributed by atoms with Crippen LogP contribution in [0.1, 0.15) is 75.8 Å². The van der Waals surface area contributed by atoms with Crippen molar-refractivity contribution in [3.63, 3.8) is 0 Å². The molecule has 0 saturated heterocycles. The summed E-state index contributed by atoms with van der Waals surface area (Å²) in [4.78, 5) is 0. The zero-order valence-electron chi connectivity index (χ0n) is 20.9. The van der Waals surface area contributed by atoms with Gasteiger partial charge in [0, 0.05) is 0 Å². The van der Waals surface area contributed by atoms with Crippen LogP contribution in [0.15, 0.2) is 59.3 Å². The maximum atomic E-state index is 3.53. The Labute approximate surface area is 241 Å². The van der Waals surface area contributed by atoms with Crippen LogP contribution in [-0.2, 0) is 43.5 Å². The monoisotopic (exact) mass is 584 g/mol. The quantitative estimate of drug-likeness (QED) is 0.301. The van der Waals surface area contributed by atoms with Gasteiger partial charge in [0.25, 0.3) is 0 Å². The molecule has 0 aliphatic heterocycles. The van der Waals surface area contributed by atoms with Gasteiger partial charge in [-0.25, -0.2) is 0 Å². The van der Waals surface area contributed by atoms with Crippen LogP contribution < -0.4 is 24.8 Å². The van der Waals surface area contributed by atoms with Crippen LogP contribution in [0.5, 0.6) is 0 Å². The van der Waals surface area contributed by atoms with E-state index < -0.39 is 0 Å². The van der Waals surface area contributed by atoms with Gasteiger partial charge in [-0.15, -0.1) is 17.2 Å². The minimum absolute atomic E-state index is 0. The van der Waals surface area contributed by atoms with Crippen LogP contribution in [0.2, 0.25) is 0 Å². The zero-order valence-corrected chi connectivity index (χ0v) is 25.6. The second kappa shape index (κ2) is 12.4. The van der Waals surface area contributed by atoms with Gasteiger partial charge in [0.05, 0.1) is 0 Å². The molecular weight excluding hydrogens is 555 g/mol. The van der Waals surface area contributed by atoms with E-state index in [1.807, 2.05) is 0 Å². The van der Waals surface area contributed by atoms with Crippen LogP contribution in [0, 0.1) is 12.1 Å². The van der Waals surface area contributed by atoms with E-state index in [2.05, 4.69) is 113 Å². The third-order valence-corrected chi connectivity index (χ3v) is 6.74. The van der Waals surface area contributed by atoms with E-state index in [-0.39, 0.29) is 61.8 Å². The minimum atomic E-state index is 0. The molecule has 0 saturated carbocycles. The molecule has 2 aliphatic carbocycles. The molecule has 1 aromatic heterocycles. The summed E-state index contributed by atoms with van der Waals surface area (Å²) in [6.07, 6.45) is 9.53. The summed E-state index contributed by atoms with van der Waals surface area (Å²) in [5.74, 6) is 0. The van der Waals surface area contributed by atoms with E-state index in [4.69, 9.17) is 0 Å². The first-order valence-corrected chi connectivity index (χ1v) is 12.1. The maximum absolute atomic E-state index is 3.53. The molecule has 0 unspecified atom stereocenters. The molecule has 0 bridgehead atoms. The molecule has 0 N–H and O–H groups in total. The van der Waals surface area contributed by atoms with E-state index in [0.29, 0.717) is 0 Å². The number of hydrogen-bond donors (Lipinski definition) is 0. The Kier molecular flexibility index (Phi) is 11.3. The van der Waals surface area contributed by atoms with Crippen molar-refractivity contribution >= 4 is 16.9 Å². The number of halogens is 2. The van der Waals surface area contributed by atoms with Gasteiger partial charge < -0.3 is 24.8 Å². The fraction of sp³-hybridized carbons (Fsp3) is 0.333. The van der Waals surface area contributed by atoms with Crippen molar-refractivity contribution in [3.05, 3.63) is 99.3 Å². The first kappa shape index (κ1) is 31.1. The average Bonchev–Trinajstić information content (AvgIpc) is 3.45. The SMILES string of the molecule is CC(C)(C)c1c[c-]c2c(c1)-c1cc(C(C)(C)C)ccc1C2.[C-]1=C(c2ccsc2)C=CC1.[Cl-].[Cl-].[Zr+4]. The van der Waals surface area contributed by atoms with Gasteiger partial charge in [-0.2, -0.15) is 58.4 Å². The standard InChI is InChI=1S/C21H25.C9H7S.2ClH.Zr/c1-20(2,3)16-9-7-14-11-15-8-10-17(21(4,5)6)13-19(15)18(14)12-16;1-2-4-8(3-1)9-5-6-10-7-9;;;/h7,9-10,12-13H,11H2,1-6H3;1,3,5-7H,2H2;2*1H;/q2*-1;;;+4/p-2. The largest absolute Gasteiger partial charge is 4.00 e. The van der Waals surface area contributed by atoms with Gasteiger partial charge in [-0.1, -0.05) is 94.2 Å². The van der Waals surface area contributed by atoms with Gasteiger partial charge in [-0.3, -0.25) is 0 Å². The Morgan fingerprint density at radius 2 is 1.53 bits per heavy atom. The van der Waals surface area contributed by atoms with Crippen molar-refractivity contribution in [1.29, 1.82) is 0 Å². The second-order valence-electron chi connectivity index (χ2n) is 10.5. The topological polar surface area (TPSA) is 0 Å². The van der Waals surface area contributed by atoms with E-state index >= 15 is 0 Å². The molecule has 2 aromatic carbocycles. The van der Waals surface area contributed by atoms with Crippen LogP contribution in [0.3, 0.4) is 0 Å². The maximum Gasteiger partial charge on any atom is 4.00 e. The molecule has 0 spiro atoms. The Bertz CT molecular complexity index is 1080. The Hall–Kier alpha value is -0.917. The van der Waals surface area contributed by atoms with E-state index in [0.717, 1.165) is 12.8 Å². The molecule has 4 heteroatoms. The first-order chi connectivity index (χ1) is 14.6. The molecule has 0 atom stereocenters. The van der Waals surface area contributed by atoms with Gasteiger partial charge >= 0.3 is 26.2 Å². The van der Waals surface area contributed by atoms with Crippen molar-refractivity contribution in [1.82, 2.24) is 0 Å². The average molecular weight is 587 g/mol. The van der Waals surface area contributed by atoms with E-state index in [1.54, 1.807) is 11.3 Å². The number of benzene rings is 2. The number of allylic oxidation sites excluding steroid dienone is 4. The summed E-state index contributed by atoms with van der Waals surface area (Å²) < 4.78 is 0. The predicted molar refractivity (Wildman–Crippen MR) is 136 cm³/mol. The van der Waals surface area contributed by atoms with Gasteiger partial charge in [0.1, 0.15) is 0 Å². The molecule has 0 fully saturated rings. The van der Waals surface area contributed by atoms with Crippen molar-refractivity contribution in [3.8, 4) is 11.1 Å². The normalized spacial score (nSPS) is 13.3. The van der Waals surface area contributed by atoms with Crippen molar-refractivity contribution in [2.45, 2.75) is 65.2 Å². The molecule has 34 heavy (non-hydrogen) atoms. The number of rotatable bonds is 1. The zero-order chi connectivity index (χ0) is 22.2. The fourth-order valence-electron chi connectivity index (χ4n) is 4.01. The molecule has 0 radical (unpaired) electrons. The van der Waals surface area contributed by atoms with Gasteiger partial charge in [-0.05, 0) is 22.8 Å². The van der Waals surface area contributed by atoms with Crippen molar-refractivity contribution in [2.75, 3.05) is 0 Å². The summed E-state index contributed by atoms with van der Waals surface area (Å²) in [6.45, 7) is 13.6. The fourth-order valence-corrected chi connectivity index (χ4v) is 4.66. The summed E-state index contributed by atoms with van der Waals surface area (Å²) in [5, 5.41) is 4.24. The molecule has 176 valence electrons. The molecule has 2 aliphatic rings. The predicted octanol–water partition coefficient (Wildman–Crippen LogP) is 2.55. The minimum Gasteiger partial charge on any atom is -1.00 e. The van der Waals surface area contributed by atoms with Gasteiger partial charge in [0.15, 0.2) is 0 Å². The second-order valence-corrected chi connectivity index (χ2v) is 11.3. The molecule has 0 nitrogen and oxygen atoms in total. The van der Waals surface area contributed by atoms with Crippen molar-refractivity contribution in [2.24, 2.45) is 0 Å². The van der Waals surface area contributed by atoms with Crippen molar-refractivity contribution < 1.29 is 51.0 Å². The molecular formula is C30H32Cl2SZr. The van der Waals surface area contributed by atoms with Crippen LogP contribution in [0.25, 0.3) is 16.7 Å². The molecule has 3 aromatic rings. The number of thiophene rings is 1. The van der Waals surface area contributed by atoms with E-state index in [1.165, 1.54) is 44.5 Å². The third kappa shape index (κ3) is 7.07. The molecule has 5 rings (SSSR count). The number of fused-ring (bicyclic) bond motifs is 3. The molecule has 1 heterocycles. The van der Waals surface area contributed by atoms with Gasteiger partial charge in [0.2, 0.25) is 0 Å². The summed E-state index contributed by atoms with van der Waals surface area (Å²) in [7, 11) is 0. The van der Waals surface area contributed by atoms with Crippen LogP contribution >= 0.6 is 11.3 Å². The summed E-state index contributed by atoms with van der Waals surface area (Å²) in [5.41, 5.74) is 11.3. The van der Waals surface area contributed by atoms with E-state index in [9.17, 15) is 0 Å². The van der Waals surface area contributed by atoms with Crippen LogP contribution in [0.4, 0.5) is 0 Å². The Balaban J connectivity index is 0.000000379.